The SMILES string of the molecule is C#Cc1ccnc(N(C)C)c1. The molecule has 0 bridgehead atoms. The van der Waals surface area contributed by atoms with Gasteiger partial charge in [-0.25, -0.2) is 4.98 Å². The van der Waals surface area contributed by atoms with Crippen molar-refractivity contribution < 1.29 is 0 Å². The van der Waals surface area contributed by atoms with Gasteiger partial charge in [0.15, 0.2) is 0 Å². The summed E-state index contributed by atoms with van der Waals surface area (Å²) < 4.78 is 0. The monoisotopic (exact) mass is 146 g/mol. The zero-order valence-electron chi connectivity index (χ0n) is 6.70. The molecule has 2 nitrogen and oxygen atoms in total. The largest absolute Gasteiger partial charge is 0.363 e. The summed E-state index contributed by atoms with van der Waals surface area (Å²) in [6.45, 7) is 0. The molecule has 56 valence electrons. The third-order valence-electron chi connectivity index (χ3n) is 1.37. The van der Waals surface area contributed by atoms with Gasteiger partial charge in [0.2, 0.25) is 0 Å². The van der Waals surface area contributed by atoms with Crippen molar-refractivity contribution in [3.8, 4) is 12.3 Å². The first kappa shape index (κ1) is 7.62. The molecule has 1 heterocycles. The number of aromatic nitrogens is 1. The van der Waals surface area contributed by atoms with Crippen LogP contribution in [0.5, 0.6) is 0 Å². The standard InChI is InChI=1S/C9H10N2/c1-4-8-5-6-10-9(7-8)11(2)3/h1,5-7H,2-3H3. The number of hydrogen-bond donors (Lipinski definition) is 0. The third-order valence-corrected chi connectivity index (χ3v) is 1.37. The number of anilines is 1. The Balaban J connectivity index is 3.03. The highest BCUT2D eigenvalue weighted by Crippen LogP contribution is 2.07. The van der Waals surface area contributed by atoms with Gasteiger partial charge in [-0.15, -0.1) is 6.42 Å². The predicted molar refractivity (Wildman–Crippen MR) is 46.5 cm³/mol. The fraction of sp³-hybridized carbons (Fsp3) is 0.222. The first-order valence-electron chi connectivity index (χ1n) is 3.34. The minimum absolute atomic E-state index is 0.865. The van der Waals surface area contributed by atoms with Crippen molar-refractivity contribution in [1.82, 2.24) is 4.98 Å². The fourth-order valence-electron chi connectivity index (χ4n) is 0.753. The molecule has 0 aromatic carbocycles. The second-order valence-corrected chi connectivity index (χ2v) is 2.44. The number of rotatable bonds is 1. The Morgan fingerprint density at radius 3 is 2.82 bits per heavy atom. The molecule has 0 saturated carbocycles. The third kappa shape index (κ3) is 1.71. The quantitative estimate of drug-likeness (QED) is 0.552. The Hall–Kier alpha value is -1.49. The van der Waals surface area contributed by atoms with E-state index in [0.717, 1.165) is 11.4 Å². The van der Waals surface area contributed by atoms with Gasteiger partial charge in [-0.2, -0.15) is 0 Å². The molecule has 1 aromatic heterocycles. The molecule has 0 aliphatic rings. The predicted octanol–water partition coefficient (Wildman–Crippen LogP) is 1.13. The van der Waals surface area contributed by atoms with Crippen LogP contribution in [0.25, 0.3) is 0 Å². The molecule has 0 atom stereocenters. The molecule has 0 spiro atoms. The van der Waals surface area contributed by atoms with Crippen LogP contribution in [0.4, 0.5) is 5.82 Å². The first-order chi connectivity index (χ1) is 5.24. The molecule has 0 saturated heterocycles. The molecule has 0 N–H and O–H groups in total. The smallest absolute Gasteiger partial charge is 0.129 e. The first-order valence-corrected chi connectivity index (χ1v) is 3.34. The summed E-state index contributed by atoms with van der Waals surface area (Å²) in [6.07, 6.45) is 6.94. The molecule has 0 radical (unpaired) electrons. The lowest BCUT2D eigenvalue weighted by atomic mass is 10.3. The van der Waals surface area contributed by atoms with E-state index in [9.17, 15) is 0 Å². The van der Waals surface area contributed by atoms with Crippen molar-refractivity contribution in [2.75, 3.05) is 19.0 Å². The van der Waals surface area contributed by atoms with Gasteiger partial charge < -0.3 is 4.90 Å². The molecule has 1 rings (SSSR count). The second-order valence-electron chi connectivity index (χ2n) is 2.44. The Morgan fingerprint density at radius 1 is 1.55 bits per heavy atom. The van der Waals surface area contributed by atoms with Crippen LogP contribution in [0.15, 0.2) is 18.3 Å². The molecule has 0 amide bonds. The summed E-state index contributed by atoms with van der Waals surface area (Å²) >= 11 is 0. The molecule has 0 aliphatic carbocycles. The fourth-order valence-corrected chi connectivity index (χ4v) is 0.753. The summed E-state index contributed by atoms with van der Waals surface area (Å²) in [5, 5.41) is 0. The lowest BCUT2D eigenvalue weighted by molar-refractivity contribution is 1.07. The molecule has 0 fully saturated rings. The zero-order valence-corrected chi connectivity index (χ0v) is 6.70. The van der Waals surface area contributed by atoms with Crippen molar-refractivity contribution in [1.29, 1.82) is 0 Å². The Labute approximate surface area is 66.9 Å². The summed E-state index contributed by atoms with van der Waals surface area (Å²) in [6, 6.07) is 3.69. The summed E-state index contributed by atoms with van der Waals surface area (Å²) in [5.41, 5.74) is 0.865. The molecule has 1 aromatic rings. The van der Waals surface area contributed by atoms with E-state index in [4.69, 9.17) is 6.42 Å². The molecule has 0 aliphatic heterocycles. The maximum atomic E-state index is 5.22. The summed E-state index contributed by atoms with van der Waals surface area (Å²) in [4.78, 5) is 6.03. The van der Waals surface area contributed by atoms with E-state index in [0.29, 0.717) is 0 Å². The van der Waals surface area contributed by atoms with E-state index < -0.39 is 0 Å². The maximum Gasteiger partial charge on any atom is 0.129 e. The van der Waals surface area contributed by atoms with Crippen LogP contribution in [0.1, 0.15) is 5.56 Å². The Kier molecular flexibility index (Phi) is 2.12. The van der Waals surface area contributed by atoms with Crippen LogP contribution < -0.4 is 4.90 Å². The van der Waals surface area contributed by atoms with E-state index in [1.807, 2.05) is 31.1 Å². The second kappa shape index (κ2) is 3.07. The van der Waals surface area contributed by atoms with Crippen LogP contribution in [0.2, 0.25) is 0 Å². The Morgan fingerprint density at radius 2 is 2.27 bits per heavy atom. The van der Waals surface area contributed by atoms with Gasteiger partial charge in [0.25, 0.3) is 0 Å². The lowest BCUT2D eigenvalue weighted by Crippen LogP contribution is -2.10. The number of hydrogen-bond acceptors (Lipinski definition) is 2. The van der Waals surface area contributed by atoms with Crippen molar-refractivity contribution >= 4 is 5.82 Å². The summed E-state index contributed by atoms with van der Waals surface area (Å²) in [7, 11) is 3.87. The van der Waals surface area contributed by atoms with E-state index in [2.05, 4.69) is 10.9 Å². The van der Waals surface area contributed by atoms with E-state index in [1.165, 1.54) is 0 Å². The van der Waals surface area contributed by atoms with Crippen molar-refractivity contribution in [2.45, 2.75) is 0 Å². The van der Waals surface area contributed by atoms with Crippen LogP contribution in [-0.2, 0) is 0 Å². The van der Waals surface area contributed by atoms with E-state index in [-0.39, 0.29) is 0 Å². The minimum Gasteiger partial charge on any atom is -0.363 e. The number of pyridine rings is 1. The Bertz CT molecular complexity index is 284. The van der Waals surface area contributed by atoms with Gasteiger partial charge in [0, 0.05) is 25.9 Å². The highest BCUT2D eigenvalue weighted by Gasteiger charge is 1.95. The normalized spacial score (nSPS) is 8.82. The molecule has 11 heavy (non-hydrogen) atoms. The topological polar surface area (TPSA) is 16.1 Å². The van der Waals surface area contributed by atoms with Gasteiger partial charge >= 0.3 is 0 Å². The average molecular weight is 146 g/mol. The lowest BCUT2D eigenvalue weighted by Gasteiger charge is -2.10. The molecule has 2 heteroatoms. The van der Waals surface area contributed by atoms with Gasteiger partial charge in [0.1, 0.15) is 5.82 Å². The van der Waals surface area contributed by atoms with Gasteiger partial charge in [-0.05, 0) is 12.1 Å². The minimum atomic E-state index is 0.865. The number of terminal acetylenes is 1. The van der Waals surface area contributed by atoms with E-state index in [1.54, 1.807) is 6.20 Å². The van der Waals surface area contributed by atoms with Gasteiger partial charge in [-0.3, -0.25) is 0 Å². The molecular formula is C9H10N2. The average Bonchev–Trinajstić information content (AvgIpc) is 2.05. The van der Waals surface area contributed by atoms with Crippen molar-refractivity contribution in [3.05, 3.63) is 23.9 Å². The maximum absolute atomic E-state index is 5.22. The van der Waals surface area contributed by atoms with Crippen LogP contribution in [0.3, 0.4) is 0 Å². The zero-order chi connectivity index (χ0) is 8.27. The van der Waals surface area contributed by atoms with Crippen molar-refractivity contribution in [2.24, 2.45) is 0 Å². The highest BCUT2D eigenvalue weighted by molar-refractivity contribution is 5.44. The van der Waals surface area contributed by atoms with Gasteiger partial charge in [-0.1, -0.05) is 5.92 Å². The molecular weight excluding hydrogens is 136 g/mol. The number of nitrogens with zero attached hydrogens (tertiary/aromatic N) is 2. The molecule has 0 unspecified atom stereocenters. The van der Waals surface area contributed by atoms with Crippen LogP contribution >= 0.6 is 0 Å². The summed E-state index contributed by atoms with van der Waals surface area (Å²) in [5.74, 6) is 3.44. The van der Waals surface area contributed by atoms with Crippen LogP contribution in [0, 0.1) is 12.3 Å². The highest BCUT2D eigenvalue weighted by atomic mass is 15.1. The van der Waals surface area contributed by atoms with Crippen LogP contribution in [-0.4, -0.2) is 19.1 Å². The van der Waals surface area contributed by atoms with Crippen molar-refractivity contribution in [3.63, 3.8) is 0 Å². The van der Waals surface area contributed by atoms with Gasteiger partial charge in [0.05, 0.1) is 0 Å². The van der Waals surface area contributed by atoms with E-state index >= 15 is 0 Å².